The van der Waals surface area contributed by atoms with E-state index in [2.05, 4.69) is 29.4 Å². The van der Waals surface area contributed by atoms with E-state index < -0.39 is 0 Å². The highest BCUT2D eigenvalue weighted by Crippen LogP contribution is 2.29. The number of hydrogen-bond acceptors (Lipinski definition) is 4. The quantitative estimate of drug-likeness (QED) is 0.912. The number of nitrogens with one attached hydrogen (secondary N) is 1. The second-order valence-electron chi connectivity index (χ2n) is 5.56. The predicted molar refractivity (Wildman–Crippen MR) is 80.9 cm³/mol. The van der Waals surface area contributed by atoms with E-state index >= 15 is 0 Å². The van der Waals surface area contributed by atoms with Crippen LogP contribution in [0.4, 0.5) is 4.79 Å². The number of nitrogens with zero attached hydrogens (tertiary/aromatic N) is 4. The normalized spacial score (nSPS) is 18.1. The lowest BCUT2D eigenvalue weighted by Gasteiger charge is -2.37. The minimum absolute atomic E-state index is 0.0319. The average Bonchev–Trinajstić information content (AvgIpc) is 2.85. The number of urea groups is 1. The van der Waals surface area contributed by atoms with Gasteiger partial charge in [0.1, 0.15) is 12.2 Å². The number of thioether (sulfide) groups is 1. The number of carbonyl (C=O) groups excluding carboxylic acids is 1. The van der Waals surface area contributed by atoms with Crippen molar-refractivity contribution < 1.29 is 4.79 Å². The first-order valence-corrected chi connectivity index (χ1v) is 8.04. The molecule has 1 saturated heterocycles. The maximum absolute atomic E-state index is 12.1. The molecule has 1 aliphatic heterocycles. The first kappa shape index (κ1) is 15.2. The Hall–Kier alpha value is -1.24. The van der Waals surface area contributed by atoms with Crippen molar-refractivity contribution in [3.8, 4) is 0 Å². The van der Waals surface area contributed by atoms with Gasteiger partial charge in [-0.1, -0.05) is 6.92 Å². The SMILES string of the molecule is CCc1nncn1CCNC(=O)N1CCSC(C)(C)C1. The topological polar surface area (TPSA) is 63.1 Å². The zero-order chi connectivity index (χ0) is 14.6. The Labute approximate surface area is 124 Å². The number of hydrogen-bond donors (Lipinski definition) is 1. The molecule has 1 aliphatic rings. The molecule has 1 aromatic heterocycles. The van der Waals surface area contributed by atoms with E-state index in [1.165, 1.54) is 0 Å². The fourth-order valence-corrected chi connectivity index (χ4v) is 3.44. The van der Waals surface area contributed by atoms with E-state index in [1.807, 2.05) is 28.2 Å². The monoisotopic (exact) mass is 297 g/mol. The molecule has 2 heterocycles. The Kier molecular flexibility index (Phi) is 4.91. The van der Waals surface area contributed by atoms with Crippen LogP contribution in [0.2, 0.25) is 0 Å². The first-order valence-electron chi connectivity index (χ1n) is 7.05. The zero-order valence-electron chi connectivity index (χ0n) is 12.4. The molecule has 0 bridgehead atoms. The van der Waals surface area contributed by atoms with Crippen LogP contribution in [-0.4, -0.2) is 55.8 Å². The van der Waals surface area contributed by atoms with E-state index in [0.29, 0.717) is 13.1 Å². The lowest BCUT2D eigenvalue weighted by Crippen LogP contribution is -2.50. The average molecular weight is 297 g/mol. The molecule has 112 valence electrons. The molecular formula is C13H23N5OS. The summed E-state index contributed by atoms with van der Waals surface area (Å²) in [5.74, 6) is 1.96. The summed E-state index contributed by atoms with van der Waals surface area (Å²) in [5, 5.41) is 10.9. The lowest BCUT2D eigenvalue weighted by atomic mass is 10.2. The van der Waals surface area contributed by atoms with Crippen molar-refractivity contribution in [3.05, 3.63) is 12.2 Å². The fraction of sp³-hybridized carbons (Fsp3) is 0.769. The summed E-state index contributed by atoms with van der Waals surface area (Å²) < 4.78 is 2.13. The van der Waals surface area contributed by atoms with E-state index in [4.69, 9.17) is 0 Å². The molecule has 1 aromatic rings. The molecule has 0 unspecified atom stereocenters. The van der Waals surface area contributed by atoms with Gasteiger partial charge < -0.3 is 14.8 Å². The van der Waals surface area contributed by atoms with Crippen molar-refractivity contribution in [1.82, 2.24) is 25.0 Å². The maximum Gasteiger partial charge on any atom is 0.317 e. The van der Waals surface area contributed by atoms with Gasteiger partial charge in [0, 0.05) is 43.1 Å². The Morgan fingerprint density at radius 1 is 1.55 bits per heavy atom. The van der Waals surface area contributed by atoms with Crippen molar-refractivity contribution in [2.24, 2.45) is 0 Å². The van der Waals surface area contributed by atoms with E-state index in [0.717, 1.165) is 31.1 Å². The summed E-state index contributed by atoms with van der Waals surface area (Å²) in [6, 6.07) is 0.0319. The summed E-state index contributed by atoms with van der Waals surface area (Å²) in [6.45, 7) is 9.36. The Morgan fingerprint density at radius 2 is 2.35 bits per heavy atom. The van der Waals surface area contributed by atoms with Gasteiger partial charge in [-0.2, -0.15) is 11.8 Å². The van der Waals surface area contributed by atoms with Crippen LogP contribution < -0.4 is 5.32 Å². The third-order valence-corrected chi connectivity index (χ3v) is 4.65. The standard InChI is InChI=1S/C13H23N5OS/c1-4-11-16-15-10-18(11)6-5-14-12(19)17-7-8-20-13(2,3)9-17/h10H,4-9H2,1-3H3,(H,14,19). The molecule has 1 fully saturated rings. The van der Waals surface area contributed by atoms with Crippen LogP contribution >= 0.6 is 11.8 Å². The highest BCUT2D eigenvalue weighted by Gasteiger charge is 2.29. The fourth-order valence-electron chi connectivity index (χ4n) is 2.32. The molecule has 6 nitrogen and oxygen atoms in total. The van der Waals surface area contributed by atoms with Gasteiger partial charge in [-0.05, 0) is 13.8 Å². The summed E-state index contributed by atoms with van der Waals surface area (Å²) in [4.78, 5) is 14.0. The van der Waals surface area contributed by atoms with Crippen molar-refractivity contribution in [1.29, 1.82) is 0 Å². The molecule has 0 saturated carbocycles. The Balaban J connectivity index is 1.78. The van der Waals surface area contributed by atoms with E-state index in [9.17, 15) is 4.79 Å². The molecule has 0 spiro atoms. The Bertz CT molecular complexity index is 459. The third kappa shape index (κ3) is 3.88. The van der Waals surface area contributed by atoms with E-state index in [-0.39, 0.29) is 10.8 Å². The van der Waals surface area contributed by atoms with Gasteiger partial charge in [-0.25, -0.2) is 4.79 Å². The van der Waals surface area contributed by atoms with Gasteiger partial charge >= 0.3 is 6.03 Å². The van der Waals surface area contributed by atoms with Crippen LogP contribution in [0, 0.1) is 0 Å². The number of rotatable bonds is 4. The van der Waals surface area contributed by atoms with Gasteiger partial charge in [0.2, 0.25) is 0 Å². The molecule has 0 atom stereocenters. The summed E-state index contributed by atoms with van der Waals surface area (Å²) in [6.07, 6.45) is 2.57. The number of amides is 2. The first-order chi connectivity index (χ1) is 9.52. The van der Waals surface area contributed by atoms with Gasteiger partial charge in [0.15, 0.2) is 0 Å². The van der Waals surface area contributed by atoms with Crippen LogP contribution in [0.15, 0.2) is 6.33 Å². The largest absolute Gasteiger partial charge is 0.336 e. The molecular weight excluding hydrogens is 274 g/mol. The van der Waals surface area contributed by atoms with Crippen LogP contribution in [0.1, 0.15) is 26.6 Å². The second kappa shape index (κ2) is 6.47. The predicted octanol–water partition coefficient (Wildman–Crippen LogP) is 1.38. The smallest absolute Gasteiger partial charge is 0.317 e. The van der Waals surface area contributed by atoms with Gasteiger partial charge in [-0.3, -0.25) is 0 Å². The molecule has 0 aliphatic carbocycles. The van der Waals surface area contributed by atoms with Crippen LogP contribution in [0.5, 0.6) is 0 Å². The number of carbonyl (C=O) groups is 1. The molecule has 7 heteroatoms. The van der Waals surface area contributed by atoms with Crippen LogP contribution in [0.25, 0.3) is 0 Å². The molecule has 2 amide bonds. The lowest BCUT2D eigenvalue weighted by molar-refractivity contribution is 0.194. The van der Waals surface area contributed by atoms with Crippen LogP contribution in [0.3, 0.4) is 0 Å². The molecule has 20 heavy (non-hydrogen) atoms. The number of aryl methyl sites for hydroxylation is 1. The molecule has 2 rings (SSSR count). The molecule has 0 aromatic carbocycles. The maximum atomic E-state index is 12.1. The minimum atomic E-state index is 0.0319. The number of aromatic nitrogens is 3. The summed E-state index contributed by atoms with van der Waals surface area (Å²) in [7, 11) is 0. The summed E-state index contributed by atoms with van der Waals surface area (Å²) in [5.41, 5.74) is 0. The highest BCUT2D eigenvalue weighted by molar-refractivity contribution is 8.00. The van der Waals surface area contributed by atoms with Crippen molar-refractivity contribution in [2.75, 3.05) is 25.4 Å². The van der Waals surface area contributed by atoms with Crippen LogP contribution in [-0.2, 0) is 13.0 Å². The van der Waals surface area contributed by atoms with E-state index in [1.54, 1.807) is 6.33 Å². The van der Waals surface area contributed by atoms with Gasteiger partial charge in [-0.15, -0.1) is 10.2 Å². The molecule has 0 radical (unpaired) electrons. The molecule has 1 N–H and O–H groups in total. The van der Waals surface area contributed by atoms with Crippen molar-refractivity contribution in [2.45, 2.75) is 38.5 Å². The van der Waals surface area contributed by atoms with Gasteiger partial charge in [0.25, 0.3) is 0 Å². The van der Waals surface area contributed by atoms with Gasteiger partial charge in [0.05, 0.1) is 0 Å². The Morgan fingerprint density at radius 3 is 3.05 bits per heavy atom. The third-order valence-electron chi connectivity index (χ3n) is 3.35. The summed E-state index contributed by atoms with van der Waals surface area (Å²) >= 11 is 1.93. The van der Waals surface area contributed by atoms with Crippen molar-refractivity contribution >= 4 is 17.8 Å². The van der Waals surface area contributed by atoms with Crippen molar-refractivity contribution in [3.63, 3.8) is 0 Å². The second-order valence-corrected chi connectivity index (χ2v) is 7.36. The zero-order valence-corrected chi connectivity index (χ0v) is 13.2. The highest BCUT2D eigenvalue weighted by atomic mass is 32.2. The minimum Gasteiger partial charge on any atom is -0.336 e.